The van der Waals surface area contributed by atoms with Crippen molar-refractivity contribution in [2.24, 2.45) is 7.05 Å². The molecule has 0 unspecified atom stereocenters. The lowest BCUT2D eigenvalue weighted by molar-refractivity contribution is -0.140. The molecule has 3 heterocycles. The molecule has 1 N–H and O–H groups in total. The highest BCUT2D eigenvalue weighted by Crippen LogP contribution is 2.36. The predicted octanol–water partition coefficient (Wildman–Crippen LogP) is 2.35. The number of hydrogen-bond acceptors (Lipinski definition) is 6. The van der Waals surface area contributed by atoms with Gasteiger partial charge in [-0.15, -0.1) is 0 Å². The first kappa shape index (κ1) is 17.0. The number of anilines is 1. The van der Waals surface area contributed by atoms with Gasteiger partial charge in [-0.05, 0) is 19.4 Å². The number of carbonyl (C=O) groups is 1. The van der Waals surface area contributed by atoms with E-state index >= 15 is 0 Å². The summed E-state index contributed by atoms with van der Waals surface area (Å²) in [4.78, 5) is 17.2. The average Bonchev–Trinajstić information content (AvgIpc) is 3.26. The third kappa shape index (κ3) is 2.99. The van der Waals surface area contributed by atoms with Crippen molar-refractivity contribution in [2.45, 2.75) is 26.5 Å². The highest BCUT2D eigenvalue weighted by atomic mass is 16.5. The monoisotopic (exact) mass is 364 g/mol. The molecule has 8 heteroatoms. The third-order valence-electron chi connectivity index (χ3n) is 4.79. The molecule has 1 atom stereocenters. The molecular formula is C19H20N6O2. The van der Waals surface area contributed by atoms with Crippen LogP contribution in [-0.2, 0) is 23.2 Å². The van der Waals surface area contributed by atoms with Crippen molar-refractivity contribution in [1.29, 1.82) is 0 Å². The molecule has 3 aromatic rings. The maximum absolute atomic E-state index is 13.0. The first-order chi connectivity index (χ1) is 13.1. The van der Waals surface area contributed by atoms with Crippen LogP contribution in [0.4, 0.5) is 5.95 Å². The number of allylic oxidation sites excluding steroid dienone is 1. The van der Waals surface area contributed by atoms with Crippen molar-refractivity contribution >= 4 is 11.9 Å². The van der Waals surface area contributed by atoms with Crippen molar-refractivity contribution in [3.8, 4) is 0 Å². The standard InChI is InChI=1S/C19H20N6O2/c1-12-16(18(26)27-10-14-7-5-4-6-8-14)17(15-9-21-24(3)13(15)2)25-19(23-12)20-11-22-25/h4-9,11,17H,10H2,1-3H3,(H,20,22,23)/t17-/m1/s1. The Bertz CT molecular complexity index is 1020. The molecule has 0 fully saturated rings. The van der Waals surface area contributed by atoms with Gasteiger partial charge in [0.05, 0.1) is 11.8 Å². The van der Waals surface area contributed by atoms with Gasteiger partial charge >= 0.3 is 5.97 Å². The van der Waals surface area contributed by atoms with E-state index in [1.54, 1.807) is 15.6 Å². The number of fused-ring (bicyclic) bond motifs is 1. The Balaban J connectivity index is 1.70. The van der Waals surface area contributed by atoms with Gasteiger partial charge in [0.2, 0.25) is 5.95 Å². The second-order valence-corrected chi connectivity index (χ2v) is 6.47. The molecule has 1 aliphatic heterocycles. The summed E-state index contributed by atoms with van der Waals surface area (Å²) < 4.78 is 9.07. The van der Waals surface area contributed by atoms with Gasteiger partial charge in [0.15, 0.2) is 0 Å². The summed E-state index contributed by atoms with van der Waals surface area (Å²) >= 11 is 0. The molecule has 2 aromatic heterocycles. The second kappa shape index (κ2) is 6.71. The van der Waals surface area contributed by atoms with Crippen molar-refractivity contribution in [1.82, 2.24) is 24.5 Å². The van der Waals surface area contributed by atoms with Crippen LogP contribution < -0.4 is 5.32 Å². The van der Waals surface area contributed by atoms with Crippen LogP contribution in [0.3, 0.4) is 0 Å². The quantitative estimate of drug-likeness (QED) is 0.715. The number of benzene rings is 1. The van der Waals surface area contributed by atoms with Crippen LogP contribution in [0.2, 0.25) is 0 Å². The van der Waals surface area contributed by atoms with E-state index in [2.05, 4.69) is 20.5 Å². The van der Waals surface area contributed by atoms with Gasteiger partial charge in [-0.3, -0.25) is 4.68 Å². The van der Waals surface area contributed by atoms with Gasteiger partial charge in [0.1, 0.15) is 19.0 Å². The van der Waals surface area contributed by atoms with Crippen LogP contribution in [0.15, 0.2) is 54.1 Å². The third-order valence-corrected chi connectivity index (χ3v) is 4.79. The van der Waals surface area contributed by atoms with E-state index in [1.165, 1.54) is 6.33 Å². The Morgan fingerprint density at radius 3 is 2.70 bits per heavy atom. The summed E-state index contributed by atoms with van der Waals surface area (Å²) in [6, 6.07) is 9.16. The van der Waals surface area contributed by atoms with Crippen LogP contribution >= 0.6 is 0 Å². The van der Waals surface area contributed by atoms with Crippen molar-refractivity contribution < 1.29 is 9.53 Å². The molecule has 8 nitrogen and oxygen atoms in total. The molecule has 0 spiro atoms. The summed E-state index contributed by atoms with van der Waals surface area (Å²) in [6.07, 6.45) is 3.22. The molecule has 4 rings (SSSR count). The zero-order valence-electron chi connectivity index (χ0n) is 15.4. The minimum atomic E-state index is -0.444. The van der Waals surface area contributed by atoms with Crippen LogP contribution in [0.25, 0.3) is 0 Å². The molecule has 0 saturated carbocycles. The summed E-state index contributed by atoms with van der Waals surface area (Å²) in [5.74, 6) is 0.193. The van der Waals surface area contributed by atoms with E-state index in [4.69, 9.17) is 4.74 Å². The molecular weight excluding hydrogens is 344 g/mol. The van der Waals surface area contributed by atoms with Crippen molar-refractivity contribution in [3.63, 3.8) is 0 Å². The van der Waals surface area contributed by atoms with Crippen LogP contribution in [0.5, 0.6) is 0 Å². The topological polar surface area (TPSA) is 86.9 Å². The van der Waals surface area contributed by atoms with Gasteiger partial charge in [0, 0.05) is 24.0 Å². The lowest BCUT2D eigenvalue weighted by Gasteiger charge is -2.27. The summed E-state index contributed by atoms with van der Waals surface area (Å²) in [6.45, 7) is 4.01. The summed E-state index contributed by atoms with van der Waals surface area (Å²) in [7, 11) is 1.87. The zero-order chi connectivity index (χ0) is 19.0. The number of aromatic nitrogens is 5. The minimum Gasteiger partial charge on any atom is -0.457 e. The number of carbonyl (C=O) groups excluding carboxylic acids is 1. The Morgan fingerprint density at radius 2 is 2.00 bits per heavy atom. The Kier molecular flexibility index (Phi) is 4.23. The van der Waals surface area contributed by atoms with Gasteiger partial charge < -0.3 is 10.1 Å². The normalized spacial score (nSPS) is 16.0. The first-order valence-electron chi connectivity index (χ1n) is 8.63. The predicted molar refractivity (Wildman–Crippen MR) is 98.7 cm³/mol. The summed E-state index contributed by atoms with van der Waals surface area (Å²) in [5.41, 5.74) is 3.96. The number of nitrogens with zero attached hydrogens (tertiary/aromatic N) is 5. The minimum absolute atomic E-state index is 0.208. The van der Waals surface area contributed by atoms with E-state index < -0.39 is 12.0 Å². The Hall–Kier alpha value is -3.42. The molecule has 1 aliphatic rings. The lowest BCUT2D eigenvalue weighted by atomic mass is 9.96. The number of rotatable bonds is 4. The van der Waals surface area contributed by atoms with Gasteiger partial charge in [-0.25, -0.2) is 9.48 Å². The van der Waals surface area contributed by atoms with E-state index in [0.29, 0.717) is 17.2 Å². The zero-order valence-corrected chi connectivity index (χ0v) is 15.4. The molecule has 0 bridgehead atoms. The van der Waals surface area contributed by atoms with Crippen molar-refractivity contribution in [3.05, 3.63) is 70.9 Å². The van der Waals surface area contributed by atoms with Gasteiger partial charge in [-0.1, -0.05) is 30.3 Å². The fourth-order valence-electron chi connectivity index (χ4n) is 3.23. The molecule has 27 heavy (non-hydrogen) atoms. The van der Waals surface area contributed by atoms with Gasteiger partial charge in [-0.2, -0.15) is 15.2 Å². The van der Waals surface area contributed by atoms with Crippen molar-refractivity contribution in [2.75, 3.05) is 5.32 Å². The summed E-state index contributed by atoms with van der Waals surface area (Å²) in [5, 5.41) is 11.8. The first-order valence-corrected chi connectivity index (χ1v) is 8.63. The second-order valence-electron chi connectivity index (χ2n) is 6.47. The largest absolute Gasteiger partial charge is 0.457 e. The fourth-order valence-corrected chi connectivity index (χ4v) is 3.23. The van der Waals surface area contributed by atoms with E-state index in [9.17, 15) is 4.79 Å². The van der Waals surface area contributed by atoms with Gasteiger partial charge in [0.25, 0.3) is 0 Å². The van der Waals surface area contributed by atoms with Crippen LogP contribution in [0, 0.1) is 6.92 Å². The highest BCUT2D eigenvalue weighted by molar-refractivity contribution is 5.92. The SMILES string of the molecule is CC1=C(C(=O)OCc2ccccc2)[C@@H](c2cnn(C)c2C)n2ncnc2N1. The molecule has 138 valence electrons. The molecule has 1 aromatic carbocycles. The van der Waals surface area contributed by atoms with E-state index in [0.717, 1.165) is 16.8 Å². The maximum atomic E-state index is 13.0. The molecule has 0 radical (unpaired) electrons. The number of nitrogens with one attached hydrogen (secondary N) is 1. The lowest BCUT2D eigenvalue weighted by Crippen LogP contribution is -2.30. The molecule has 0 amide bonds. The Morgan fingerprint density at radius 1 is 1.22 bits per heavy atom. The maximum Gasteiger partial charge on any atom is 0.338 e. The van der Waals surface area contributed by atoms with Crippen LogP contribution in [0.1, 0.15) is 29.8 Å². The average molecular weight is 364 g/mol. The highest BCUT2D eigenvalue weighted by Gasteiger charge is 2.36. The number of hydrogen-bond donors (Lipinski definition) is 1. The fraction of sp³-hybridized carbons (Fsp3) is 0.263. The smallest absolute Gasteiger partial charge is 0.338 e. The molecule has 0 aliphatic carbocycles. The number of aryl methyl sites for hydroxylation is 1. The Labute approximate surface area is 156 Å². The molecule has 0 saturated heterocycles. The van der Waals surface area contributed by atoms with E-state index in [1.807, 2.05) is 51.2 Å². The number of esters is 1. The van der Waals surface area contributed by atoms with Crippen LogP contribution in [-0.4, -0.2) is 30.5 Å². The van der Waals surface area contributed by atoms with E-state index in [-0.39, 0.29) is 6.61 Å². The number of ether oxygens (including phenoxy) is 1.